The van der Waals surface area contributed by atoms with E-state index in [9.17, 15) is 13.2 Å². The Bertz CT molecular complexity index is 330. The minimum Gasteiger partial charge on any atom is -0.254 e. The Kier molecular flexibility index (Phi) is 2.29. The summed E-state index contributed by atoms with van der Waals surface area (Å²) in [7, 11) is 0. The molecule has 0 saturated heterocycles. The van der Waals surface area contributed by atoms with Crippen LogP contribution in [0, 0.1) is 17.1 Å². The van der Waals surface area contributed by atoms with Crippen molar-refractivity contribution in [1.29, 1.82) is 5.26 Å². The molecule has 2 nitrogen and oxygen atoms in total. The smallest absolute Gasteiger partial charge is 0.254 e. The Hall–Kier alpha value is -1.57. The van der Waals surface area contributed by atoms with Crippen LogP contribution in [0.5, 0.6) is 0 Å². The van der Waals surface area contributed by atoms with Gasteiger partial charge in [-0.15, -0.1) is 0 Å². The van der Waals surface area contributed by atoms with E-state index in [1.807, 2.05) is 0 Å². The molecule has 1 aromatic heterocycles. The van der Waals surface area contributed by atoms with Crippen molar-refractivity contribution in [2.24, 2.45) is 0 Å². The molecule has 62 valence electrons. The van der Waals surface area contributed by atoms with E-state index < -0.39 is 17.9 Å². The Morgan fingerprint density at radius 2 is 2.17 bits per heavy atom. The van der Waals surface area contributed by atoms with E-state index in [4.69, 9.17) is 5.26 Å². The van der Waals surface area contributed by atoms with E-state index in [1.165, 1.54) is 6.07 Å². The van der Waals surface area contributed by atoms with Gasteiger partial charge in [0.25, 0.3) is 6.43 Å². The quantitative estimate of drug-likeness (QED) is 0.649. The Morgan fingerprint density at radius 3 is 2.58 bits per heavy atom. The van der Waals surface area contributed by atoms with Crippen molar-refractivity contribution in [3.05, 3.63) is 29.3 Å². The molecule has 1 aromatic rings. The van der Waals surface area contributed by atoms with Gasteiger partial charge in [0.15, 0.2) is 0 Å². The van der Waals surface area contributed by atoms with Crippen LogP contribution in [0.25, 0.3) is 0 Å². The van der Waals surface area contributed by atoms with E-state index in [-0.39, 0.29) is 5.56 Å². The normalized spacial score (nSPS) is 9.92. The van der Waals surface area contributed by atoms with Gasteiger partial charge in [-0.3, -0.25) is 4.98 Å². The highest BCUT2D eigenvalue weighted by molar-refractivity contribution is 5.28. The van der Waals surface area contributed by atoms with Gasteiger partial charge in [0.1, 0.15) is 23.1 Å². The highest BCUT2D eigenvalue weighted by atomic mass is 19.3. The molecule has 0 aromatic carbocycles. The lowest BCUT2D eigenvalue weighted by Crippen LogP contribution is -1.93. The summed E-state index contributed by atoms with van der Waals surface area (Å²) >= 11 is 0. The summed E-state index contributed by atoms with van der Waals surface area (Å²) in [6.45, 7) is 0. The summed E-state index contributed by atoms with van der Waals surface area (Å²) in [5.41, 5.74) is -0.995. The molecular weight excluding hydrogens is 169 g/mol. The average Bonchev–Trinajstić information content (AvgIpc) is 2.04. The van der Waals surface area contributed by atoms with Crippen LogP contribution in [0.1, 0.15) is 17.7 Å². The molecule has 0 bridgehead atoms. The third kappa shape index (κ3) is 1.53. The molecule has 0 atom stereocenters. The van der Waals surface area contributed by atoms with Gasteiger partial charge in [0, 0.05) is 12.3 Å². The summed E-state index contributed by atoms with van der Waals surface area (Å²) in [5, 5.41) is 8.23. The number of nitriles is 1. The van der Waals surface area contributed by atoms with Crippen molar-refractivity contribution < 1.29 is 13.2 Å². The monoisotopic (exact) mass is 172 g/mol. The fourth-order valence-electron chi connectivity index (χ4n) is 0.647. The van der Waals surface area contributed by atoms with E-state index in [2.05, 4.69) is 4.98 Å². The van der Waals surface area contributed by atoms with Crippen LogP contribution in [-0.2, 0) is 0 Å². The predicted molar refractivity (Wildman–Crippen MR) is 33.9 cm³/mol. The molecule has 1 rings (SSSR count). The van der Waals surface area contributed by atoms with E-state index >= 15 is 0 Å². The molecule has 0 spiro atoms. The van der Waals surface area contributed by atoms with E-state index in [1.54, 1.807) is 0 Å². The van der Waals surface area contributed by atoms with Gasteiger partial charge in [-0.05, 0) is 0 Å². The lowest BCUT2D eigenvalue weighted by molar-refractivity contribution is 0.145. The van der Waals surface area contributed by atoms with Crippen LogP contribution in [0.15, 0.2) is 12.3 Å². The minimum atomic E-state index is -2.81. The highest BCUT2D eigenvalue weighted by Gasteiger charge is 2.11. The van der Waals surface area contributed by atoms with Gasteiger partial charge in [0.2, 0.25) is 0 Å². The van der Waals surface area contributed by atoms with Gasteiger partial charge < -0.3 is 0 Å². The standard InChI is InChI=1S/C7H3F3N2/c8-5-1-6(7(9)10)12-3-4(5)2-11/h1,3,7H. The lowest BCUT2D eigenvalue weighted by Gasteiger charge is -1.98. The second kappa shape index (κ2) is 3.22. The van der Waals surface area contributed by atoms with Crippen LogP contribution in [-0.4, -0.2) is 4.98 Å². The maximum absolute atomic E-state index is 12.6. The summed E-state index contributed by atoms with van der Waals surface area (Å²) in [6, 6.07) is 2.04. The first-order valence-electron chi connectivity index (χ1n) is 2.99. The maximum atomic E-state index is 12.6. The van der Waals surface area contributed by atoms with Crippen molar-refractivity contribution >= 4 is 0 Å². The van der Waals surface area contributed by atoms with Crippen LogP contribution >= 0.6 is 0 Å². The molecule has 0 aliphatic carbocycles. The van der Waals surface area contributed by atoms with Crippen LogP contribution < -0.4 is 0 Å². The van der Waals surface area contributed by atoms with Crippen molar-refractivity contribution in [1.82, 2.24) is 4.98 Å². The number of hydrogen-bond donors (Lipinski definition) is 0. The second-order valence-electron chi connectivity index (χ2n) is 2.00. The van der Waals surface area contributed by atoms with Crippen molar-refractivity contribution in [2.45, 2.75) is 6.43 Å². The Morgan fingerprint density at radius 1 is 1.50 bits per heavy atom. The summed E-state index contributed by atoms with van der Waals surface area (Å²) in [4.78, 5) is 3.20. The van der Waals surface area contributed by atoms with Gasteiger partial charge in [-0.25, -0.2) is 13.2 Å². The first-order valence-corrected chi connectivity index (χ1v) is 2.99. The van der Waals surface area contributed by atoms with Gasteiger partial charge in [-0.1, -0.05) is 0 Å². The fourth-order valence-corrected chi connectivity index (χ4v) is 0.647. The largest absolute Gasteiger partial charge is 0.280 e. The lowest BCUT2D eigenvalue weighted by atomic mass is 10.2. The van der Waals surface area contributed by atoms with E-state index in [0.717, 1.165) is 6.20 Å². The first kappa shape index (κ1) is 8.53. The average molecular weight is 172 g/mol. The summed E-state index contributed by atoms with van der Waals surface area (Å²) < 4.78 is 36.4. The van der Waals surface area contributed by atoms with Gasteiger partial charge in [0.05, 0.1) is 0 Å². The molecule has 0 amide bonds. The number of pyridine rings is 1. The zero-order valence-corrected chi connectivity index (χ0v) is 5.76. The van der Waals surface area contributed by atoms with Crippen molar-refractivity contribution in [2.75, 3.05) is 0 Å². The zero-order chi connectivity index (χ0) is 9.14. The molecular formula is C7H3F3N2. The molecule has 0 aliphatic rings. The number of hydrogen-bond acceptors (Lipinski definition) is 2. The summed E-state index contributed by atoms with van der Waals surface area (Å²) in [6.07, 6.45) is -2.02. The molecule has 0 aliphatic heterocycles. The number of aromatic nitrogens is 1. The second-order valence-corrected chi connectivity index (χ2v) is 2.00. The van der Waals surface area contributed by atoms with Gasteiger partial charge >= 0.3 is 0 Å². The molecule has 0 radical (unpaired) electrons. The third-order valence-electron chi connectivity index (χ3n) is 1.22. The number of alkyl halides is 2. The van der Waals surface area contributed by atoms with E-state index in [0.29, 0.717) is 6.07 Å². The minimum absolute atomic E-state index is 0.334. The molecule has 1 heterocycles. The van der Waals surface area contributed by atoms with Crippen LogP contribution in [0.3, 0.4) is 0 Å². The fraction of sp³-hybridized carbons (Fsp3) is 0.143. The topological polar surface area (TPSA) is 36.7 Å². The first-order chi connectivity index (χ1) is 5.65. The third-order valence-corrected chi connectivity index (χ3v) is 1.22. The number of rotatable bonds is 1. The Balaban J connectivity index is 3.12. The molecule has 0 saturated carbocycles. The van der Waals surface area contributed by atoms with Crippen molar-refractivity contribution in [3.8, 4) is 6.07 Å². The predicted octanol–water partition coefficient (Wildman–Crippen LogP) is 2.03. The molecule has 0 N–H and O–H groups in total. The molecule has 12 heavy (non-hydrogen) atoms. The number of halogens is 3. The van der Waals surface area contributed by atoms with Gasteiger partial charge in [-0.2, -0.15) is 5.26 Å². The zero-order valence-electron chi connectivity index (χ0n) is 5.76. The molecule has 0 unspecified atom stereocenters. The SMILES string of the molecule is N#Cc1cnc(C(F)F)cc1F. The highest BCUT2D eigenvalue weighted by Crippen LogP contribution is 2.17. The maximum Gasteiger partial charge on any atom is 0.280 e. The molecule has 0 fully saturated rings. The summed E-state index contributed by atoms with van der Waals surface area (Å²) in [5.74, 6) is -0.970. The van der Waals surface area contributed by atoms with Crippen molar-refractivity contribution in [3.63, 3.8) is 0 Å². The van der Waals surface area contributed by atoms with Crippen LogP contribution in [0.4, 0.5) is 13.2 Å². The van der Waals surface area contributed by atoms with Crippen LogP contribution in [0.2, 0.25) is 0 Å². The number of nitrogens with zero attached hydrogens (tertiary/aromatic N) is 2. The Labute approximate surface area is 66.3 Å². The molecule has 5 heteroatoms.